The topological polar surface area (TPSA) is 75.3 Å². The number of benzene rings is 3. The maximum absolute atomic E-state index is 13.0. The van der Waals surface area contributed by atoms with Gasteiger partial charge in [-0.2, -0.15) is 8.78 Å². The van der Waals surface area contributed by atoms with Crippen molar-refractivity contribution in [3.8, 4) is 0 Å². The fourth-order valence-electron chi connectivity index (χ4n) is 2.49. The van der Waals surface area contributed by atoms with Crippen molar-refractivity contribution in [2.45, 2.75) is 15.5 Å². The molecule has 11 heteroatoms. The van der Waals surface area contributed by atoms with Crippen LogP contribution in [-0.2, 0) is 10.0 Å². The van der Waals surface area contributed by atoms with Gasteiger partial charge in [-0.3, -0.25) is 9.52 Å². The molecule has 0 unspecified atom stereocenters. The number of anilines is 2. The molecule has 0 bridgehead atoms. The summed E-state index contributed by atoms with van der Waals surface area (Å²) >= 11 is 6.44. The van der Waals surface area contributed by atoms with Crippen LogP contribution < -0.4 is 10.0 Å². The van der Waals surface area contributed by atoms with Gasteiger partial charge in [-0.15, -0.1) is 0 Å². The summed E-state index contributed by atoms with van der Waals surface area (Å²) in [4.78, 5) is 12.7. The minimum atomic E-state index is -4.07. The van der Waals surface area contributed by atoms with Crippen LogP contribution in [0.4, 0.5) is 24.5 Å². The Morgan fingerprint density at radius 1 is 0.968 bits per heavy atom. The summed E-state index contributed by atoms with van der Waals surface area (Å²) in [5.41, 5.74) is 0.432. The largest absolute Gasteiger partial charge is 0.322 e. The minimum Gasteiger partial charge on any atom is -0.322 e. The van der Waals surface area contributed by atoms with Crippen LogP contribution in [0.15, 0.2) is 76.5 Å². The van der Waals surface area contributed by atoms with Crippen molar-refractivity contribution in [3.05, 3.63) is 83.1 Å². The lowest BCUT2D eigenvalue weighted by Gasteiger charge is -2.12. The normalized spacial score (nSPS) is 11.4. The SMILES string of the molecule is O=C(Nc1ccc(SC(F)F)cc1)c1ccc(Cl)c(NS(=O)(=O)c2ccc(F)cc2)c1. The van der Waals surface area contributed by atoms with Gasteiger partial charge in [0.2, 0.25) is 0 Å². The molecule has 0 fully saturated rings. The number of thioether (sulfide) groups is 1. The summed E-state index contributed by atoms with van der Waals surface area (Å²) in [6.45, 7) is 0. The predicted molar refractivity (Wildman–Crippen MR) is 115 cm³/mol. The molecule has 0 saturated heterocycles. The van der Waals surface area contributed by atoms with Crippen LogP contribution in [0.2, 0.25) is 5.02 Å². The molecule has 0 aromatic heterocycles. The first-order valence-corrected chi connectivity index (χ1v) is 11.3. The van der Waals surface area contributed by atoms with Crippen LogP contribution in [0.3, 0.4) is 0 Å². The molecular weight excluding hydrogens is 473 g/mol. The Bertz CT molecular complexity index is 1190. The van der Waals surface area contributed by atoms with Crippen molar-refractivity contribution in [2.24, 2.45) is 0 Å². The van der Waals surface area contributed by atoms with Gasteiger partial charge in [0.05, 0.1) is 15.6 Å². The van der Waals surface area contributed by atoms with E-state index in [0.29, 0.717) is 22.3 Å². The molecule has 3 rings (SSSR count). The fraction of sp³-hybridized carbons (Fsp3) is 0.0500. The maximum Gasteiger partial charge on any atom is 0.288 e. The second-order valence-corrected chi connectivity index (χ2v) is 9.26. The van der Waals surface area contributed by atoms with Gasteiger partial charge in [-0.05, 0) is 66.7 Å². The average molecular weight is 487 g/mol. The number of hydrogen-bond donors (Lipinski definition) is 2. The van der Waals surface area contributed by atoms with E-state index in [1.807, 2.05) is 0 Å². The smallest absolute Gasteiger partial charge is 0.288 e. The molecular formula is C20H14ClF3N2O3S2. The molecule has 31 heavy (non-hydrogen) atoms. The third-order valence-corrected chi connectivity index (χ3v) is 6.37. The molecule has 2 N–H and O–H groups in total. The number of hydrogen-bond acceptors (Lipinski definition) is 4. The summed E-state index contributed by atoms with van der Waals surface area (Å²) in [5.74, 6) is -3.70. The first-order valence-electron chi connectivity index (χ1n) is 8.58. The van der Waals surface area contributed by atoms with E-state index in [-0.39, 0.29) is 21.2 Å². The van der Waals surface area contributed by atoms with E-state index in [0.717, 1.165) is 24.3 Å². The number of carbonyl (C=O) groups excluding carboxylic acids is 1. The van der Waals surface area contributed by atoms with Crippen LogP contribution in [0, 0.1) is 5.82 Å². The van der Waals surface area contributed by atoms with Crippen molar-refractivity contribution < 1.29 is 26.4 Å². The standard InChI is InChI=1S/C20H14ClF3N2O3S2/c21-17-10-1-12(19(27)25-14-4-6-15(7-5-14)30-20(23)24)11-18(17)26-31(28,29)16-8-2-13(22)3-9-16/h1-11,20,26H,(H,25,27). The highest BCUT2D eigenvalue weighted by Gasteiger charge is 2.17. The number of rotatable bonds is 7. The van der Waals surface area contributed by atoms with Crippen molar-refractivity contribution in [1.82, 2.24) is 0 Å². The minimum absolute atomic E-state index is 0.0395. The molecule has 3 aromatic carbocycles. The number of amides is 1. The lowest BCUT2D eigenvalue weighted by atomic mass is 10.2. The third kappa shape index (κ3) is 6.16. The highest BCUT2D eigenvalue weighted by Crippen LogP contribution is 2.28. The molecule has 0 spiro atoms. The second-order valence-electron chi connectivity index (χ2n) is 6.11. The Balaban J connectivity index is 1.77. The van der Waals surface area contributed by atoms with E-state index in [1.54, 1.807) is 0 Å². The Hall–Kier alpha value is -2.69. The molecule has 0 saturated carbocycles. The van der Waals surface area contributed by atoms with E-state index in [4.69, 9.17) is 11.6 Å². The van der Waals surface area contributed by atoms with E-state index < -0.39 is 27.5 Å². The number of sulfonamides is 1. The molecule has 0 atom stereocenters. The van der Waals surface area contributed by atoms with Crippen LogP contribution in [0.1, 0.15) is 10.4 Å². The first kappa shape index (κ1) is 23.0. The highest BCUT2D eigenvalue weighted by atomic mass is 35.5. The van der Waals surface area contributed by atoms with Gasteiger partial charge < -0.3 is 5.32 Å². The predicted octanol–water partition coefficient (Wildman–Crippen LogP) is 5.85. The van der Waals surface area contributed by atoms with Gasteiger partial charge in [0.15, 0.2) is 0 Å². The monoisotopic (exact) mass is 486 g/mol. The number of carbonyl (C=O) groups is 1. The Kier molecular flexibility index (Phi) is 7.14. The van der Waals surface area contributed by atoms with Crippen LogP contribution in [-0.4, -0.2) is 20.1 Å². The fourth-order valence-corrected chi connectivity index (χ4v) is 4.28. The molecule has 5 nitrogen and oxygen atoms in total. The summed E-state index contributed by atoms with van der Waals surface area (Å²) in [6.07, 6.45) is 0. The Morgan fingerprint density at radius 3 is 2.23 bits per heavy atom. The average Bonchev–Trinajstić information content (AvgIpc) is 2.71. The van der Waals surface area contributed by atoms with E-state index >= 15 is 0 Å². The summed E-state index contributed by atoms with van der Waals surface area (Å²) in [7, 11) is -4.07. The number of alkyl halides is 2. The number of halogens is 4. The Labute approximate surface area is 185 Å². The van der Waals surface area contributed by atoms with Crippen LogP contribution in [0.25, 0.3) is 0 Å². The molecule has 1 amide bonds. The van der Waals surface area contributed by atoms with Crippen molar-refractivity contribution >= 4 is 50.7 Å². The quantitative estimate of drug-likeness (QED) is 0.411. The molecule has 3 aromatic rings. The molecule has 0 aliphatic rings. The molecule has 0 heterocycles. The lowest BCUT2D eigenvalue weighted by molar-refractivity contribution is 0.102. The summed E-state index contributed by atoms with van der Waals surface area (Å²) in [5, 5.41) is 2.64. The van der Waals surface area contributed by atoms with Gasteiger partial charge >= 0.3 is 0 Å². The Morgan fingerprint density at radius 2 is 1.61 bits per heavy atom. The van der Waals surface area contributed by atoms with Crippen molar-refractivity contribution in [2.75, 3.05) is 10.0 Å². The maximum atomic E-state index is 13.0. The van der Waals surface area contributed by atoms with E-state index in [1.165, 1.54) is 42.5 Å². The van der Waals surface area contributed by atoms with Crippen molar-refractivity contribution in [1.29, 1.82) is 0 Å². The lowest BCUT2D eigenvalue weighted by Crippen LogP contribution is -2.15. The van der Waals surface area contributed by atoms with Crippen LogP contribution >= 0.6 is 23.4 Å². The van der Waals surface area contributed by atoms with E-state index in [2.05, 4.69) is 10.0 Å². The van der Waals surface area contributed by atoms with Crippen molar-refractivity contribution in [3.63, 3.8) is 0 Å². The second kappa shape index (κ2) is 9.63. The van der Waals surface area contributed by atoms with Gasteiger partial charge in [-0.25, -0.2) is 12.8 Å². The third-order valence-electron chi connectivity index (χ3n) is 3.93. The molecule has 162 valence electrons. The summed E-state index contributed by atoms with van der Waals surface area (Å²) < 4.78 is 65.1. The summed E-state index contributed by atoms with van der Waals surface area (Å²) in [6, 6.07) is 14.0. The molecule has 0 radical (unpaired) electrons. The van der Waals surface area contributed by atoms with Gasteiger partial charge in [-0.1, -0.05) is 23.4 Å². The highest BCUT2D eigenvalue weighted by molar-refractivity contribution is 7.99. The first-order chi connectivity index (χ1) is 14.6. The zero-order chi connectivity index (χ0) is 22.6. The number of nitrogens with one attached hydrogen (secondary N) is 2. The zero-order valence-corrected chi connectivity index (χ0v) is 17.9. The zero-order valence-electron chi connectivity index (χ0n) is 15.5. The molecule has 0 aliphatic heterocycles. The van der Waals surface area contributed by atoms with E-state index in [9.17, 15) is 26.4 Å². The van der Waals surface area contributed by atoms with Gasteiger partial charge in [0.1, 0.15) is 5.82 Å². The van der Waals surface area contributed by atoms with Gasteiger partial charge in [0, 0.05) is 16.1 Å². The molecule has 0 aliphatic carbocycles. The van der Waals surface area contributed by atoms with Gasteiger partial charge in [0.25, 0.3) is 21.7 Å². The van der Waals surface area contributed by atoms with Crippen LogP contribution in [0.5, 0.6) is 0 Å².